The number of carbonyl (C=O) groups is 3. The average Bonchev–Trinajstić information content (AvgIpc) is 3.06. The van der Waals surface area contributed by atoms with E-state index in [9.17, 15) is 14.4 Å². The summed E-state index contributed by atoms with van der Waals surface area (Å²) >= 11 is 0. The van der Waals surface area contributed by atoms with E-state index in [4.69, 9.17) is 10.5 Å². The lowest BCUT2D eigenvalue weighted by Crippen LogP contribution is -2.54. The van der Waals surface area contributed by atoms with Gasteiger partial charge in [0.15, 0.2) is 0 Å². The van der Waals surface area contributed by atoms with Gasteiger partial charge in [0.05, 0.1) is 6.61 Å². The maximum absolute atomic E-state index is 14.2. The van der Waals surface area contributed by atoms with Crippen molar-refractivity contribution in [3.8, 4) is 5.75 Å². The van der Waals surface area contributed by atoms with E-state index < -0.39 is 23.9 Å². The highest BCUT2D eigenvalue weighted by Crippen LogP contribution is 2.16. The Kier molecular flexibility index (Phi) is 14.1. The number of benzene rings is 4. The van der Waals surface area contributed by atoms with Crippen LogP contribution in [0.3, 0.4) is 0 Å². The van der Waals surface area contributed by atoms with E-state index >= 15 is 0 Å². The number of ether oxygens (including phenoxy) is 1. The van der Waals surface area contributed by atoms with E-state index in [1.807, 2.05) is 91.9 Å². The van der Waals surface area contributed by atoms with Crippen molar-refractivity contribution in [2.45, 2.75) is 38.8 Å². The standard InChI is InChI=1S/C36H40N4O4.ClH/c1-2-44-32-19-17-29(18-20-32)25-33(39-34(41)31-11-7-4-8-12-31)35(42)40(24-22-27-9-5-3-6-10-27)36(43)38-26-30-15-13-28(14-16-30)21-23-37;/h3-20,33H,2,21-26,37H2,1H3,(H,38,43)(H,39,41);1H/t33-;/m1./s1. The highest BCUT2D eigenvalue weighted by Gasteiger charge is 2.30. The van der Waals surface area contributed by atoms with Gasteiger partial charge < -0.3 is 21.1 Å². The van der Waals surface area contributed by atoms with Gasteiger partial charge in [0.1, 0.15) is 11.8 Å². The van der Waals surface area contributed by atoms with Gasteiger partial charge in [-0.05, 0) is 72.8 Å². The minimum atomic E-state index is -0.988. The maximum atomic E-state index is 14.2. The van der Waals surface area contributed by atoms with Gasteiger partial charge in [0.25, 0.3) is 11.8 Å². The first-order valence-corrected chi connectivity index (χ1v) is 15.0. The Morgan fingerprint density at radius 1 is 0.756 bits per heavy atom. The number of rotatable bonds is 14. The fraction of sp³-hybridized carbons (Fsp3) is 0.250. The molecule has 0 aliphatic rings. The molecule has 1 atom stereocenters. The monoisotopic (exact) mass is 628 g/mol. The zero-order valence-corrected chi connectivity index (χ0v) is 26.3. The van der Waals surface area contributed by atoms with Crippen molar-refractivity contribution in [1.29, 1.82) is 0 Å². The van der Waals surface area contributed by atoms with Gasteiger partial charge in [-0.3, -0.25) is 14.5 Å². The second kappa shape index (κ2) is 18.2. The highest BCUT2D eigenvalue weighted by molar-refractivity contribution is 6.01. The van der Waals surface area contributed by atoms with Gasteiger partial charge in [0, 0.05) is 25.1 Å². The minimum absolute atomic E-state index is 0. The molecule has 4 amide bonds. The Morgan fingerprint density at radius 3 is 1.96 bits per heavy atom. The van der Waals surface area contributed by atoms with Crippen LogP contribution in [0.25, 0.3) is 0 Å². The smallest absolute Gasteiger partial charge is 0.324 e. The van der Waals surface area contributed by atoms with Crippen LogP contribution in [-0.2, 0) is 30.6 Å². The number of nitrogens with zero attached hydrogens (tertiary/aromatic N) is 1. The van der Waals surface area contributed by atoms with Gasteiger partial charge in [0.2, 0.25) is 0 Å². The van der Waals surface area contributed by atoms with Crippen LogP contribution in [0.4, 0.5) is 4.79 Å². The molecule has 4 N–H and O–H groups in total. The van der Waals surface area contributed by atoms with E-state index in [2.05, 4.69) is 10.6 Å². The first-order valence-electron chi connectivity index (χ1n) is 15.0. The average molecular weight is 629 g/mol. The molecule has 0 bridgehead atoms. The van der Waals surface area contributed by atoms with E-state index in [0.29, 0.717) is 30.9 Å². The van der Waals surface area contributed by atoms with Crippen molar-refractivity contribution in [2.24, 2.45) is 5.73 Å². The zero-order chi connectivity index (χ0) is 31.1. The summed E-state index contributed by atoms with van der Waals surface area (Å²) in [5.41, 5.74) is 9.92. The molecule has 45 heavy (non-hydrogen) atoms. The van der Waals surface area contributed by atoms with E-state index in [-0.39, 0.29) is 31.9 Å². The predicted molar refractivity (Wildman–Crippen MR) is 180 cm³/mol. The molecule has 0 radical (unpaired) electrons. The molecule has 0 spiro atoms. The molecular formula is C36H41ClN4O4. The number of imide groups is 1. The summed E-state index contributed by atoms with van der Waals surface area (Å²) in [5, 5.41) is 5.80. The second-order valence-corrected chi connectivity index (χ2v) is 10.4. The molecule has 0 aliphatic carbocycles. The van der Waals surface area contributed by atoms with Crippen molar-refractivity contribution >= 4 is 30.3 Å². The van der Waals surface area contributed by atoms with Gasteiger partial charge in [-0.15, -0.1) is 12.4 Å². The molecule has 0 saturated carbocycles. The lowest BCUT2D eigenvalue weighted by atomic mass is 10.0. The molecule has 8 nitrogen and oxygen atoms in total. The predicted octanol–water partition coefficient (Wildman–Crippen LogP) is 5.33. The van der Waals surface area contributed by atoms with Gasteiger partial charge >= 0.3 is 6.03 Å². The third kappa shape index (κ3) is 10.8. The molecule has 4 aromatic carbocycles. The van der Waals surface area contributed by atoms with Gasteiger partial charge in [-0.25, -0.2) is 4.79 Å². The Bertz CT molecular complexity index is 1480. The van der Waals surface area contributed by atoms with Crippen molar-refractivity contribution in [3.05, 3.63) is 137 Å². The second-order valence-electron chi connectivity index (χ2n) is 10.4. The van der Waals surface area contributed by atoms with Crippen LogP contribution in [0.5, 0.6) is 5.75 Å². The molecule has 236 valence electrons. The fourth-order valence-electron chi connectivity index (χ4n) is 4.80. The number of hydrogen-bond donors (Lipinski definition) is 3. The molecule has 0 unspecified atom stereocenters. The largest absolute Gasteiger partial charge is 0.494 e. The van der Waals surface area contributed by atoms with Crippen molar-refractivity contribution in [3.63, 3.8) is 0 Å². The third-order valence-corrected chi connectivity index (χ3v) is 7.19. The first kappa shape index (κ1) is 34.8. The molecular weight excluding hydrogens is 588 g/mol. The third-order valence-electron chi connectivity index (χ3n) is 7.19. The molecule has 9 heteroatoms. The highest BCUT2D eigenvalue weighted by atomic mass is 35.5. The summed E-state index contributed by atoms with van der Waals surface area (Å²) in [4.78, 5) is 42.3. The summed E-state index contributed by atoms with van der Waals surface area (Å²) in [6.45, 7) is 3.40. The lowest BCUT2D eigenvalue weighted by molar-refractivity contribution is -0.130. The summed E-state index contributed by atoms with van der Waals surface area (Å²) < 4.78 is 5.56. The van der Waals surface area contributed by atoms with E-state index in [1.54, 1.807) is 24.3 Å². The summed E-state index contributed by atoms with van der Waals surface area (Å²) in [7, 11) is 0. The quantitative estimate of drug-likeness (QED) is 0.175. The van der Waals surface area contributed by atoms with Crippen LogP contribution >= 0.6 is 12.4 Å². The molecule has 0 saturated heterocycles. The summed E-state index contributed by atoms with van der Waals surface area (Å²) in [6.07, 6.45) is 1.44. The first-order chi connectivity index (χ1) is 21.5. The van der Waals surface area contributed by atoms with Crippen LogP contribution in [0.15, 0.2) is 109 Å². The molecule has 0 aromatic heterocycles. The van der Waals surface area contributed by atoms with Crippen molar-refractivity contribution in [1.82, 2.24) is 15.5 Å². The SMILES string of the molecule is CCOc1ccc(C[C@@H](NC(=O)c2ccccc2)C(=O)N(CCc2ccccc2)C(=O)NCc2ccc(CCN)cc2)cc1.Cl. The zero-order valence-electron chi connectivity index (χ0n) is 25.5. The fourth-order valence-corrected chi connectivity index (χ4v) is 4.80. The normalized spacial score (nSPS) is 11.1. The summed E-state index contributed by atoms with van der Waals surface area (Å²) in [5.74, 6) is -0.168. The minimum Gasteiger partial charge on any atom is -0.494 e. The van der Waals surface area contributed by atoms with Crippen LogP contribution in [0, 0.1) is 0 Å². The Hall–Kier alpha value is -4.66. The van der Waals surface area contributed by atoms with Crippen molar-refractivity contribution in [2.75, 3.05) is 19.7 Å². The summed E-state index contributed by atoms with van der Waals surface area (Å²) in [6, 6.07) is 32.1. The van der Waals surface area contributed by atoms with E-state index in [0.717, 1.165) is 28.7 Å². The topological polar surface area (TPSA) is 114 Å². The molecule has 4 aromatic rings. The Balaban J connectivity index is 0.00000552. The molecule has 4 rings (SSSR count). The Labute approximate surface area is 271 Å². The number of urea groups is 1. The van der Waals surface area contributed by atoms with Crippen LogP contribution in [0.2, 0.25) is 0 Å². The number of nitrogens with one attached hydrogen (secondary N) is 2. The number of halogens is 1. The molecule has 0 heterocycles. The van der Waals surface area contributed by atoms with Crippen LogP contribution < -0.4 is 21.1 Å². The van der Waals surface area contributed by atoms with E-state index in [1.165, 1.54) is 4.90 Å². The maximum Gasteiger partial charge on any atom is 0.324 e. The number of nitrogens with two attached hydrogens (primary N) is 1. The van der Waals surface area contributed by atoms with Crippen molar-refractivity contribution < 1.29 is 19.1 Å². The Morgan fingerprint density at radius 2 is 1.33 bits per heavy atom. The number of carbonyl (C=O) groups excluding carboxylic acids is 3. The lowest BCUT2D eigenvalue weighted by Gasteiger charge is -2.27. The van der Waals surface area contributed by atoms with Gasteiger partial charge in [-0.1, -0.05) is 84.9 Å². The van der Waals surface area contributed by atoms with Crippen LogP contribution in [-0.4, -0.2) is 48.5 Å². The van der Waals surface area contributed by atoms with Crippen LogP contribution in [0.1, 0.15) is 39.5 Å². The van der Waals surface area contributed by atoms with Gasteiger partial charge in [-0.2, -0.15) is 0 Å². The number of hydrogen-bond acceptors (Lipinski definition) is 5. The molecule has 0 aliphatic heterocycles. The molecule has 0 fully saturated rings. The number of amides is 4.